The Morgan fingerprint density at radius 3 is 2.65 bits per heavy atom. The Morgan fingerprint density at radius 2 is 2.05 bits per heavy atom. The lowest BCUT2D eigenvalue weighted by Gasteiger charge is -2.49. The van der Waals surface area contributed by atoms with Gasteiger partial charge in [0.15, 0.2) is 24.7 Å². The van der Waals surface area contributed by atoms with Gasteiger partial charge in [-0.1, -0.05) is 5.16 Å². The van der Waals surface area contributed by atoms with Crippen molar-refractivity contribution in [3.8, 4) is 0 Å². The molecule has 0 aliphatic carbocycles. The summed E-state index contributed by atoms with van der Waals surface area (Å²) < 4.78 is 6.64. The van der Waals surface area contributed by atoms with E-state index < -0.39 is 46.5 Å². The zero-order valence-electron chi connectivity index (χ0n) is 19.5. The normalized spacial score (nSPS) is 19.7. The maximum Gasteiger partial charge on any atom is 0.352 e. The monoisotopic (exact) mass is 532 g/mol. The van der Waals surface area contributed by atoms with Crippen LogP contribution in [0.1, 0.15) is 19.5 Å². The van der Waals surface area contributed by atoms with E-state index in [4.69, 9.17) is 15.0 Å². The summed E-state index contributed by atoms with van der Waals surface area (Å²) in [5.41, 5.74) is 3.43. The molecule has 2 aromatic rings. The van der Waals surface area contributed by atoms with Crippen LogP contribution in [0.25, 0.3) is 0 Å². The van der Waals surface area contributed by atoms with E-state index in [-0.39, 0.29) is 24.0 Å². The first-order valence-corrected chi connectivity index (χ1v) is 11.8. The molecule has 1 unspecified atom stereocenters. The zero-order chi connectivity index (χ0) is 26.9. The number of thioether (sulfide) groups is 1. The van der Waals surface area contributed by atoms with Crippen LogP contribution in [0.4, 0.5) is 6.01 Å². The number of carbonyl (C=O) groups is 4. The third-order valence-electron chi connectivity index (χ3n) is 5.46. The highest BCUT2D eigenvalue weighted by atomic mass is 32.2. The molecule has 15 nitrogen and oxygen atoms in total. The molecule has 4 heterocycles. The molecule has 0 saturated carbocycles. The first kappa shape index (κ1) is 25.6. The number of anilines is 1. The molecule has 2 aromatic heterocycles. The van der Waals surface area contributed by atoms with Crippen LogP contribution in [0, 0.1) is 0 Å². The molecule has 1 fully saturated rings. The third kappa shape index (κ3) is 5.09. The number of aromatic nitrogens is 3. The van der Waals surface area contributed by atoms with Gasteiger partial charge in [0.05, 0.1) is 12.4 Å². The van der Waals surface area contributed by atoms with Gasteiger partial charge in [0.25, 0.3) is 17.8 Å². The molecule has 2 amide bonds. The van der Waals surface area contributed by atoms with Gasteiger partial charge in [0.2, 0.25) is 5.60 Å². The summed E-state index contributed by atoms with van der Waals surface area (Å²) in [6.45, 7) is 2.68. The second-order valence-electron chi connectivity index (χ2n) is 8.45. The van der Waals surface area contributed by atoms with Crippen molar-refractivity contribution in [2.24, 2.45) is 5.16 Å². The van der Waals surface area contributed by atoms with E-state index in [2.05, 4.69) is 20.4 Å². The van der Waals surface area contributed by atoms with Gasteiger partial charge in [-0.25, -0.2) is 9.59 Å². The number of fused-ring (bicyclic) bond motifs is 1. The highest BCUT2D eigenvalue weighted by Gasteiger charge is 2.55. The SMILES string of the molecule is CC(C)(O/N=C(\C(=O)NC1C(=O)N2C(C(=O)O)=C(C[n+]3ccncc3)CS[C@H]12)c1coc(N)n1)C(=O)O. The molecule has 1 saturated heterocycles. The topological polar surface area (TPSA) is 214 Å². The Balaban J connectivity index is 1.55. The number of oxazole rings is 1. The standard InChI is InChI=1S/C21H21N7O8S/c1-21(2,19(33)34)36-26-12(11-8-35-20(22)24-11)15(29)25-13-16(30)28-14(18(31)32)10(9-37-17(13)28)7-27-5-3-23-4-6-27/h3-6,8,13,17H,7,9H2,1-2H3,(H4-,22,24,25,29,31,32,33,34)/p+1/b26-12-/t13?,17-/m1/s1. The number of hydrogen-bond acceptors (Lipinski definition) is 11. The predicted octanol–water partition coefficient (Wildman–Crippen LogP) is -1.04. The summed E-state index contributed by atoms with van der Waals surface area (Å²) in [6.07, 6.45) is 7.49. The van der Waals surface area contributed by atoms with E-state index in [0.717, 1.165) is 11.2 Å². The number of aliphatic carboxylic acids is 2. The second kappa shape index (κ2) is 9.88. The smallest absolute Gasteiger partial charge is 0.352 e. The first-order valence-electron chi connectivity index (χ1n) is 10.7. The quantitative estimate of drug-likeness (QED) is 0.132. The maximum absolute atomic E-state index is 13.1. The van der Waals surface area contributed by atoms with Crippen molar-refractivity contribution >= 4 is 47.2 Å². The van der Waals surface area contributed by atoms with Gasteiger partial charge in [-0.3, -0.25) is 19.5 Å². The molecule has 2 aliphatic heterocycles. The highest BCUT2D eigenvalue weighted by Crippen LogP contribution is 2.40. The minimum absolute atomic E-state index is 0.145. The fourth-order valence-electron chi connectivity index (χ4n) is 3.49. The number of nitrogens with two attached hydrogens (primary N) is 1. The van der Waals surface area contributed by atoms with Crippen molar-refractivity contribution < 1.29 is 43.2 Å². The number of nitrogens with zero attached hydrogens (tertiary/aromatic N) is 5. The molecule has 4 rings (SSSR count). The van der Waals surface area contributed by atoms with Crippen LogP contribution in [0.2, 0.25) is 0 Å². The summed E-state index contributed by atoms with van der Waals surface area (Å²) in [5.74, 6) is -3.86. The number of β-lactam (4-membered cyclic amide) rings is 1. The largest absolute Gasteiger partial charge is 0.478 e. The minimum Gasteiger partial charge on any atom is -0.478 e. The first-order chi connectivity index (χ1) is 17.5. The van der Waals surface area contributed by atoms with E-state index in [9.17, 15) is 29.4 Å². The van der Waals surface area contributed by atoms with Crippen LogP contribution >= 0.6 is 11.8 Å². The minimum atomic E-state index is -1.78. The summed E-state index contributed by atoms with van der Waals surface area (Å²) in [4.78, 5) is 63.4. The van der Waals surface area contributed by atoms with Crippen molar-refractivity contribution in [2.45, 2.75) is 37.4 Å². The molecule has 0 aromatic carbocycles. The van der Waals surface area contributed by atoms with Gasteiger partial charge in [-0.05, 0) is 13.8 Å². The summed E-state index contributed by atoms with van der Waals surface area (Å²) in [6, 6.07) is -1.36. The van der Waals surface area contributed by atoms with E-state index in [1.165, 1.54) is 25.6 Å². The van der Waals surface area contributed by atoms with Crippen LogP contribution in [0.15, 0.2) is 51.9 Å². The molecular weight excluding hydrogens is 510 g/mol. The molecule has 2 atom stereocenters. The van der Waals surface area contributed by atoms with Gasteiger partial charge in [-0.2, -0.15) is 9.55 Å². The predicted molar refractivity (Wildman–Crippen MR) is 124 cm³/mol. The van der Waals surface area contributed by atoms with Gasteiger partial charge >= 0.3 is 11.9 Å². The lowest BCUT2D eigenvalue weighted by atomic mass is 10.0. The van der Waals surface area contributed by atoms with E-state index in [0.29, 0.717) is 11.3 Å². The van der Waals surface area contributed by atoms with Crippen molar-refractivity contribution in [2.75, 3.05) is 11.5 Å². The lowest BCUT2D eigenvalue weighted by Crippen LogP contribution is -2.71. The van der Waals surface area contributed by atoms with Gasteiger partial charge < -0.3 is 30.5 Å². The zero-order valence-corrected chi connectivity index (χ0v) is 20.3. The number of oxime groups is 1. The van der Waals surface area contributed by atoms with Crippen molar-refractivity contribution in [1.82, 2.24) is 20.2 Å². The van der Waals surface area contributed by atoms with Crippen molar-refractivity contribution in [1.29, 1.82) is 0 Å². The molecule has 0 spiro atoms. The maximum atomic E-state index is 13.1. The summed E-state index contributed by atoms with van der Waals surface area (Å²) in [5, 5.41) is 24.6. The van der Waals surface area contributed by atoms with Crippen LogP contribution in [-0.2, 0) is 30.6 Å². The Kier molecular flexibility index (Phi) is 6.84. The number of nitrogens with one attached hydrogen (secondary N) is 1. The molecule has 37 heavy (non-hydrogen) atoms. The Labute approximate surface area is 213 Å². The molecule has 16 heteroatoms. The highest BCUT2D eigenvalue weighted by molar-refractivity contribution is 8.00. The van der Waals surface area contributed by atoms with Crippen molar-refractivity contribution in [3.05, 3.63) is 48.0 Å². The average Bonchev–Trinajstić information content (AvgIpc) is 3.28. The molecule has 0 radical (unpaired) electrons. The van der Waals surface area contributed by atoms with E-state index >= 15 is 0 Å². The lowest BCUT2D eigenvalue weighted by molar-refractivity contribution is -0.689. The Morgan fingerprint density at radius 1 is 1.35 bits per heavy atom. The Hall–Kier alpha value is -4.47. The van der Waals surface area contributed by atoms with Gasteiger partial charge in [0.1, 0.15) is 29.1 Å². The molecule has 2 aliphatic rings. The fraction of sp³-hybridized carbons (Fsp3) is 0.333. The number of carboxylic acids is 2. The second-order valence-corrected chi connectivity index (χ2v) is 9.56. The number of nitrogen functional groups attached to an aromatic ring is 1. The number of carbonyl (C=O) groups excluding carboxylic acids is 2. The number of amides is 2. The fourth-order valence-corrected chi connectivity index (χ4v) is 4.82. The van der Waals surface area contributed by atoms with Crippen LogP contribution < -0.4 is 15.6 Å². The van der Waals surface area contributed by atoms with Crippen LogP contribution in [0.3, 0.4) is 0 Å². The van der Waals surface area contributed by atoms with Crippen LogP contribution in [0.5, 0.6) is 0 Å². The number of carboxylic acid groups (broad SMARTS) is 2. The van der Waals surface area contributed by atoms with Gasteiger partial charge in [0, 0.05) is 11.3 Å². The van der Waals surface area contributed by atoms with Crippen LogP contribution in [-0.4, -0.2) is 77.3 Å². The molecular formula is C21H22N7O8S+. The molecule has 5 N–H and O–H groups in total. The summed E-state index contributed by atoms with van der Waals surface area (Å²) >= 11 is 1.29. The van der Waals surface area contributed by atoms with Crippen molar-refractivity contribution in [3.63, 3.8) is 0 Å². The van der Waals surface area contributed by atoms with E-state index in [1.54, 1.807) is 29.4 Å². The summed E-state index contributed by atoms with van der Waals surface area (Å²) in [7, 11) is 0. The molecule has 0 bridgehead atoms. The third-order valence-corrected chi connectivity index (χ3v) is 6.80. The Bertz CT molecular complexity index is 1320. The molecule has 194 valence electrons. The van der Waals surface area contributed by atoms with Gasteiger partial charge in [-0.15, -0.1) is 11.8 Å². The number of rotatable bonds is 9. The van der Waals surface area contributed by atoms with E-state index in [1.807, 2.05) is 0 Å². The number of hydrogen-bond donors (Lipinski definition) is 4. The average molecular weight is 533 g/mol.